The van der Waals surface area contributed by atoms with Crippen molar-refractivity contribution in [2.75, 3.05) is 13.2 Å². The molecule has 4 nitrogen and oxygen atoms in total. The summed E-state index contributed by atoms with van der Waals surface area (Å²) in [5.74, 6) is -0.610. The highest BCUT2D eigenvalue weighted by Gasteiger charge is 2.37. The van der Waals surface area contributed by atoms with Crippen LogP contribution in [0.25, 0.3) is 0 Å². The van der Waals surface area contributed by atoms with Gasteiger partial charge in [-0.3, -0.25) is 0 Å². The fourth-order valence-corrected chi connectivity index (χ4v) is 3.70. The standard InChI is InChI=1S/C13H15F4NO3S/c14-10-3-1-9(2-4-10)12(7-13(15,16)17)18-22(19,20)11-5-6-21-8-11/h1-4,11-12,18H,5-8H2. The molecule has 2 atom stereocenters. The first-order valence-corrected chi connectivity index (χ1v) is 8.13. The normalized spacial score (nSPS) is 21.0. The Bertz CT molecular complexity index is 595. The predicted octanol–water partition coefficient (Wildman–Crippen LogP) is 2.53. The molecule has 1 aliphatic heterocycles. The Morgan fingerprint density at radius 3 is 2.41 bits per heavy atom. The molecule has 0 saturated carbocycles. The maximum atomic E-state index is 12.9. The Morgan fingerprint density at radius 1 is 1.27 bits per heavy atom. The quantitative estimate of drug-likeness (QED) is 0.838. The first-order valence-electron chi connectivity index (χ1n) is 6.58. The van der Waals surface area contributed by atoms with Crippen molar-refractivity contribution in [2.45, 2.75) is 30.3 Å². The van der Waals surface area contributed by atoms with Crippen LogP contribution in [0.4, 0.5) is 17.6 Å². The summed E-state index contributed by atoms with van der Waals surface area (Å²) in [4.78, 5) is 0. The molecule has 1 aliphatic rings. The van der Waals surface area contributed by atoms with Crippen LogP contribution in [0.5, 0.6) is 0 Å². The number of hydrogen-bond donors (Lipinski definition) is 1. The highest BCUT2D eigenvalue weighted by atomic mass is 32.2. The topological polar surface area (TPSA) is 55.4 Å². The number of benzene rings is 1. The SMILES string of the molecule is O=S(=O)(NC(CC(F)(F)F)c1ccc(F)cc1)C1CCOC1. The molecule has 2 unspecified atom stereocenters. The van der Waals surface area contributed by atoms with Crippen molar-refractivity contribution in [3.63, 3.8) is 0 Å². The van der Waals surface area contributed by atoms with Crippen LogP contribution in [0.3, 0.4) is 0 Å². The fraction of sp³-hybridized carbons (Fsp3) is 0.538. The van der Waals surface area contributed by atoms with Gasteiger partial charge in [0.2, 0.25) is 10.0 Å². The molecular weight excluding hydrogens is 326 g/mol. The van der Waals surface area contributed by atoms with E-state index in [2.05, 4.69) is 4.72 Å². The van der Waals surface area contributed by atoms with Crippen LogP contribution in [0.1, 0.15) is 24.4 Å². The van der Waals surface area contributed by atoms with Gasteiger partial charge in [-0.25, -0.2) is 17.5 Å². The predicted molar refractivity (Wildman–Crippen MR) is 71.1 cm³/mol. The monoisotopic (exact) mass is 341 g/mol. The molecule has 22 heavy (non-hydrogen) atoms. The van der Waals surface area contributed by atoms with E-state index in [1.807, 2.05) is 0 Å². The molecule has 1 saturated heterocycles. The molecule has 0 aromatic heterocycles. The van der Waals surface area contributed by atoms with Crippen LogP contribution in [0.2, 0.25) is 0 Å². The molecule has 1 heterocycles. The summed E-state index contributed by atoms with van der Waals surface area (Å²) in [6.07, 6.45) is -5.70. The van der Waals surface area contributed by atoms with Gasteiger partial charge in [-0.15, -0.1) is 0 Å². The molecule has 1 fully saturated rings. The number of sulfonamides is 1. The van der Waals surface area contributed by atoms with E-state index < -0.39 is 39.7 Å². The third-order valence-corrected chi connectivity index (χ3v) is 5.20. The Labute approximate surface area is 125 Å². The second-order valence-electron chi connectivity index (χ2n) is 5.07. The van der Waals surface area contributed by atoms with E-state index in [-0.39, 0.29) is 25.2 Å². The van der Waals surface area contributed by atoms with Gasteiger partial charge in [0.1, 0.15) is 11.1 Å². The average molecular weight is 341 g/mol. The van der Waals surface area contributed by atoms with Gasteiger partial charge in [0, 0.05) is 6.61 Å². The van der Waals surface area contributed by atoms with Gasteiger partial charge in [-0.05, 0) is 24.1 Å². The summed E-state index contributed by atoms with van der Waals surface area (Å²) in [5, 5.41) is -0.872. The van der Waals surface area contributed by atoms with E-state index in [4.69, 9.17) is 4.74 Å². The Hall–Kier alpha value is -1.19. The number of halogens is 4. The number of rotatable bonds is 5. The fourth-order valence-electron chi connectivity index (χ4n) is 2.21. The first kappa shape index (κ1) is 17.2. The van der Waals surface area contributed by atoms with Crippen LogP contribution in [-0.2, 0) is 14.8 Å². The van der Waals surface area contributed by atoms with Gasteiger partial charge in [-0.2, -0.15) is 13.2 Å². The molecule has 1 aromatic rings. The minimum absolute atomic E-state index is 0.0442. The van der Waals surface area contributed by atoms with Crippen LogP contribution in [0.15, 0.2) is 24.3 Å². The highest BCUT2D eigenvalue weighted by Crippen LogP contribution is 2.31. The summed E-state index contributed by atoms with van der Waals surface area (Å²) < 4.78 is 82.3. The lowest BCUT2D eigenvalue weighted by molar-refractivity contribution is -0.139. The van der Waals surface area contributed by atoms with Gasteiger partial charge >= 0.3 is 6.18 Å². The molecule has 0 aliphatic carbocycles. The maximum Gasteiger partial charge on any atom is 0.390 e. The third-order valence-electron chi connectivity index (χ3n) is 3.34. The number of hydrogen-bond acceptors (Lipinski definition) is 3. The van der Waals surface area contributed by atoms with Crippen LogP contribution in [-0.4, -0.2) is 33.1 Å². The zero-order valence-electron chi connectivity index (χ0n) is 11.4. The highest BCUT2D eigenvalue weighted by molar-refractivity contribution is 7.90. The first-order chi connectivity index (χ1) is 10.2. The molecule has 0 radical (unpaired) electrons. The maximum absolute atomic E-state index is 12.9. The Balaban J connectivity index is 2.22. The van der Waals surface area contributed by atoms with Crippen molar-refractivity contribution in [1.82, 2.24) is 4.72 Å². The summed E-state index contributed by atoms with van der Waals surface area (Å²) in [6.45, 7) is 0.212. The van der Waals surface area contributed by atoms with E-state index in [0.717, 1.165) is 24.3 Å². The summed E-state index contributed by atoms with van der Waals surface area (Å²) in [6, 6.07) is 2.77. The molecule has 9 heteroatoms. The average Bonchev–Trinajstić information content (AvgIpc) is 2.91. The van der Waals surface area contributed by atoms with E-state index in [9.17, 15) is 26.0 Å². The number of ether oxygens (including phenoxy) is 1. The van der Waals surface area contributed by atoms with E-state index in [1.54, 1.807) is 0 Å². The van der Waals surface area contributed by atoms with E-state index in [0.29, 0.717) is 0 Å². The molecular formula is C13H15F4NO3S. The lowest BCUT2D eigenvalue weighted by Crippen LogP contribution is -2.38. The van der Waals surface area contributed by atoms with Crippen molar-refractivity contribution < 1.29 is 30.7 Å². The summed E-state index contributed by atoms with van der Waals surface area (Å²) in [7, 11) is -3.96. The van der Waals surface area contributed by atoms with Crippen LogP contribution < -0.4 is 4.72 Å². The molecule has 0 bridgehead atoms. The largest absolute Gasteiger partial charge is 0.390 e. The summed E-state index contributed by atoms with van der Waals surface area (Å²) in [5.41, 5.74) is 0.0567. The Kier molecular flexibility index (Phi) is 5.08. The zero-order valence-corrected chi connectivity index (χ0v) is 12.3. The minimum atomic E-state index is -4.56. The van der Waals surface area contributed by atoms with Crippen molar-refractivity contribution in [3.05, 3.63) is 35.6 Å². The number of alkyl halides is 3. The van der Waals surface area contributed by atoms with E-state index in [1.165, 1.54) is 0 Å². The molecule has 1 aromatic carbocycles. The lowest BCUT2D eigenvalue weighted by atomic mass is 10.0. The van der Waals surface area contributed by atoms with Gasteiger partial charge in [0.15, 0.2) is 0 Å². The van der Waals surface area contributed by atoms with Gasteiger partial charge in [0.25, 0.3) is 0 Å². The summed E-state index contributed by atoms with van der Waals surface area (Å²) >= 11 is 0. The van der Waals surface area contributed by atoms with Crippen molar-refractivity contribution in [3.8, 4) is 0 Å². The molecule has 124 valence electrons. The smallest absolute Gasteiger partial charge is 0.380 e. The minimum Gasteiger partial charge on any atom is -0.380 e. The molecule has 0 amide bonds. The van der Waals surface area contributed by atoms with Crippen LogP contribution >= 0.6 is 0 Å². The second-order valence-corrected chi connectivity index (χ2v) is 7.06. The van der Waals surface area contributed by atoms with Gasteiger partial charge in [-0.1, -0.05) is 12.1 Å². The van der Waals surface area contributed by atoms with Gasteiger partial charge in [0.05, 0.1) is 19.1 Å². The number of nitrogens with one attached hydrogen (secondary N) is 1. The Morgan fingerprint density at radius 2 is 1.91 bits per heavy atom. The molecule has 2 rings (SSSR count). The van der Waals surface area contributed by atoms with Gasteiger partial charge < -0.3 is 4.74 Å². The lowest BCUT2D eigenvalue weighted by Gasteiger charge is -2.22. The molecule has 0 spiro atoms. The van der Waals surface area contributed by atoms with Crippen molar-refractivity contribution in [2.24, 2.45) is 0 Å². The van der Waals surface area contributed by atoms with Crippen LogP contribution in [0, 0.1) is 5.82 Å². The zero-order chi connectivity index (χ0) is 16.4. The molecule has 1 N–H and O–H groups in total. The van der Waals surface area contributed by atoms with E-state index >= 15 is 0 Å². The van der Waals surface area contributed by atoms with Crippen molar-refractivity contribution >= 4 is 10.0 Å². The second kappa shape index (κ2) is 6.51. The third kappa shape index (κ3) is 4.65. The van der Waals surface area contributed by atoms with Crippen molar-refractivity contribution in [1.29, 1.82) is 0 Å².